The van der Waals surface area contributed by atoms with Crippen molar-refractivity contribution in [2.75, 3.05) is 14.2 Å². The number of carboxylic acid groups (broad SMARTS) is 1. The SMILES string of the molecule is CCC(CC)Cn1nc(C(=O)N[C@H](C(=O)O)C2CCCCC2)cc1-c1c(OC)cccc1OC. The van der Waals surface area contributed by atoms with Crippen molar-refractivity contribution in [2.45, 2.75) is 71.4 Å². The van der Waals surface area contributed by atoms with Crippen molar-refractivity contribution in [3.05, 3.63) is 30.0 Å². The predicted octanol–water partition coefficient (Wildman–Crippen LogP) is 4.77. The summed E-state index contributed by atoms with van der Waals surface area (Å²) in [6.45, 7) is 4.90. The molecule has 0 spiro atoms. The molecular formula is C26H37N3O5. The molecule has 1 aliphatic carbocycles. The average molecular weight is 472 g/mol. The topological polar surface area (TPSA) is 103 Å². The molecule has 1 atom stereocenters. The van der Waals surface area contributed by atoms with Crippen molar-refractivity contribution in [3.8, 4) is 22.8 Å². The van der Waals surface area contributed by atoms with Gasteiger partial charge in [0.05, 0.1) is 25.5 Å². The maximum absolute atomic E-state index is 13.2. The van der Waals surface area contributed by atoms with Gasteiger partial charge in [0.1, 0.15) is 17.5 Å². The number of nitrogens with one attached hydrogen (secondary N) is 1. The van der Waals surface area contributed by atoms with Gasteiger partial charge in [-0.15, -0.1) is 0 Å². The third kappa shape index (κ3) is 5.72. The van der Waals surface area contributed by atoms with Gasteiger partial charge >= 0.3 is 5.97 Å². The lowest BCUT2D eigenvalue weighted by molar-refractivity contribution is -0.141. The van der Waals surface area contributed by atoms with Crippen LogP contribution in [0.2, 0.25) is 0 Å². The minimum atomic E-state index is -0.997. The molecule has 0 bridgehead atoms. The maximum Gasteiger partial charge on any atom is 0.326 e. The summed E-state index contributed by atoms with van der Waals surface area (Å²) in [5, 5.41) is 17.2. The Morgan fingerprint density at radius 1 is 1.12 bits per heavy atom. The Hall–Kier alpha value is -3.03. The highest BCUT2D eigenvalue weighted by Gasteiger charge is 2.32. The smallest absolute Gasteiger partial charge is 0.326 e. The van der Waals surface area contributed by atoms with E-state index in [9.17, 15) is 14.7 Å². The zero-order chi connectivity index (χ0) is 24.7. The monoisotopic (exact) mass is 471 g/mol. The molecule has 1 aromatic heterocycles. The third-order valence-electron chi connectivity index (χ3n) is 6.96. The molecule has 1 heterocycles. The molecule has 0 aliphatic heterocycles. The summed E-state index contributed by atoms with van der Waals surface area (Å²) in [7, 11) is 3.18. The molecule has 34 heavy (non-hydrogen) atoms. The summed E-state index contributed by atoms with van der Waals surface area (Å²) < 4.78 is 13.0. The van der Waals surface area contributed by atoms with Gasteiger partial charge in [0.2, 0.25) is 0 Å². The van der Waals surface area contributed by atoms with Crippen LogP contribution in [0.15, 0.2) is 24.3 Å². The molecule has 0 saturated heterocycles. The van der Waals surface area contributed by atoms with E-state index in [0.717, 1.165) is 44.9 Å². The van der Waals surface area contributed by atoms with E-state index >= 15 is 0 Å². The van der Waals surface area contributed by atoms with Gasteiger partial charge in [-0.2, -0.15) is 5.10 Å². The molecule has 8 nitrogen and oxygen atoms in total. The molecule has 1 aromatic carbocycles. The van der Waals surface area contributed by atoms with Crippen LogP contribution in [0.1, 0.15) is 69.3 Å². The lowest BCUT2D eigenvalue weighted by Crippen LogP contribution is -2.46. The predicted molar refractivity (Wildman–Crippen MR) is 130 cm³/mol. The van der Waals surface area contributed by atoms with Crippen molar-refractivity contribution in [1.82, 2.24) is 15.1 Å². The van der Waals surface area contributed by atoms with E-state index in [1.165, 1.54) is 0 Å². The summed E-state index contributed by atoms with van der Waals surface area (Å²) in [5.74, 6) is 0.0740. The molecule has 8 heteroatoms. The van der Waals surface area contributed by atoms with E-state index in [1.54, 1.807) is 20.3 Å². The number of nitrogens with zero attached hydrogens (tertiary/aromatic N) is 2. The van der Waals surface area contributed by atoms with Gasteiger partial charge in [0.15, 0.2) is 5.69 Å². The number of benzene rings is 1. The van der Waals surface area contributed by atoms with Gasteiger partial charge in [0.25, 0.3) is 5.91 Å². The number of aromatic nitrogens is 2. The molecule has 1 amide bonds. The van der Waals surface area contributed by atoms with Gasteiger partial charge < -0.3 is 19.9 Å². The Morgan fingerprint density at radius 3 is 2.26 bits per heavy atom. The highest BCUT2D eigenvalue weighted by Crippen LogP contribution is 2.39. The number of carboxylic acids is 1. The summed E-state index contributed by atoms with van der Waals surface area (Å²) >= 11 is 0. The van der Waals surface area contributed by atoms with Gasteiger partial charge in [0, 0.05) is 6.54 Å². The standard InChI is InChI=1S/C26H37N3O5/c1-5-17(6-2)16-29-20(23-21(33-3)13-10-14-22(23)34-4)15-19(28-29)25(30)27-24(26(31)32)18-11-8-7-9-12-18/h10,13-15,17-18,24H,5-9,11-12,16H2,1-4H3,(H,27,30)(H,31,32)/t24-/m0/s1. The molecule has 1 saturated carbocycles. The number of carbonyl (C=O) groups excluding carboxylic acids is 1. The maximum atomic E-state index is 13.2. The van der Waals surface area contributed by atoms with E-state index < -0.39 is 17.9 Å². The lowest BCUT2D eigenvalue weighted by atomic mass is 9.84. The quantitative estimate of drug-likeness (QED) is 0.490. The molecule has 2 aromatic rings. The van der Waals surface area contributed by atoms with Crippen molar-refractivity contribution >= 4 is 11.9 Å². The molecule has 0 radical (unpaired) electrons. The zero-order valence-electron chi connectivity index (χ0n) is 20.7. The number of rotatable bonds is 11. The molecule has 186 valence electrons. The number of hydrogen-bond acceptors (Lipinski definition) is 5. The number of carbonyl (C=O) groups is 2. The summed E-state index contributed by atoms with van der Waals surface area (Å²) in [4.78, 5) is 25.2. The van der Waals surface area contributed by atoms with E-state index in [4.69, 9.17) is 9.47 Å². The minimum absolute atomic E-state index is 0.0596. The van der Waals surface area contributed by atoms with Crippen LogP contribution in [0.25, 0.3) is 11.3 Å². The molecule has 1 aliphatic rings. The Kier molecular flexibility index (Phi) is 8.96. The second-order valence-electron chi connectivity index (χ2n) is 9.00. The third-order valence-corrected chi connectivity index (χ3v) is 6.96. The summed E-state index contributed by atoms with van der Waals surface area (Å²) in [6.07, 6.45) is 6.67. The van der Waals surface area contributed by atoms with Gasteiger partial charge in [-0.3, -0.25) is 9.48 Å². The Labute approximate surface area is 201 Å². The number of ether oxygens (including phenoxy) is 2. The largest absolute Gasteiger partial charge is 0.496 e. The Bertz CT molecular complexity index is 955. The Balaban J connectivity index is 2.00. The van der Waals surface area contributed by atoms with Crippen molar-refractivity contribution < 1.29 is 24.2 Å². The van der Waals surface area contributed by atoms with Crippen LogP contribution < -0.4 is 14.8 Å². The number of methoxy groups -OCH3 is 2. The van der Waals surface area contributed by atoms with E-state index in [2.05, 4.69) is 24.3 Å². The van der Waals surface area contributed by atoms with Crippen LogP contribution in [-0.2, 0) is 11.3 Å². The molecule has 3 rings (SSSR count). The molecule has 2 N–H and O–H groups in total. The van der Waals surface area contributed by atoms with Gasteiger partial charge in [-0.1, -0.05) is 52.0 Å². The number of aliphatic carboxylic acids is 1. The van der Waals surface area contributed by atoms with Gasteiger partial charge in [-0.05, 0) is 42.9 Å². The Morgan fingerprint density at radius 2 is 1.74 bits per heavy atom. The fourth-order valence-electron chi connectivity index (χ4n) is 4.83. The second kappa shape index (κ2) is 11.9. The average Bonchev–Trinajstić information content (AvgIpc) is 3.28. The summed E-state index contributed by atoms with van der Waals surface area (Å²) in [6, 6.07) is 6.32. The zero-order valence-corrected chi connectivity index (χ0v) is 20.7. The highest BCUT2D eigenvalue weighted by atomic mass is 16.5. The van der Waals surface area contributed by atoms with Gasteiger partial charge in [-0.25, -0.2) is 4.79 Å². The fraction of sp³-hybridized carbons (Fsp3) is 0.577. The van der Waals surface area contributed by atoms with Crippen molar-refractivity contribution in [3.63, 3.8) is 0 Å². The lowest BCUT2D eigenvalue weighted by Gasteiger charge is -2.27. The highest BCUT2D eigenvalue weighted by molar-refractivity contribution is 5.96. The summed E-state index contributed by atoms with van der Waals surface area (Å²) in [5.41, 5.74) is 1.61. The van der Waals surface area contributed by atoms with Crippen LogP contribution in [0.4, 0.5) is 0 Å². The van der Waals surface area contributed by atoms with E-state index in [1.807, 2.05) is 22.9 Å². The molecule has 1 fully saturated rings. The minimum Gasteiger partial charge on any atom is -0.496 e. The van der Waals surface area contributed by atoms with E-state index in [-0.39, 0.29) is 11.6 Å². The second-order valence-corrected chi connectivity index (χ2v) is 9.00. The van der Waals surface area contributed by atoms with Crippen LogP contribution in [-0.4, -0.2) is 47.0 Å². The number of hydrogen-bond donors (Lipinski definition) is 2. The number of amides is 1. The van der Waals surface area contributed by atoms with Crippen LogP contribution in [0.3, 0.4) is 0 Å². The first-order chi connectivity index (χ1) is 16.4. The van der Waals surface area contributed by atoms with Crippen molar-refractivity contribution in [2.24, 2.45) is 11.8 Å². The van der Waals surface area contributed by atoms with Crippen molar-refractivity contribution in [1.29, 1.82) is 0 Å². The normalized spacial score (nSPS) is 15.2. The fourth-order valence-corrected chi connectivity index (χ4v) is 4.83. The molecule has 0 unspecified atom stereocenters. The van der Waals surface area contributed by atoms with Crippen LogP contribution >= 0.6 is 0 Å². The molecular weight excluding hydrogens is 434 g/mol. The van der Waals surface area contributed by atoms with E-state index in [0.29, 0.717) is 35.2 Å². The first kappa shape index (κ1) is 25.6. The first-order valence-corrected chi connectivity index (χ1v) is 12.3. The van der Waals surface area contributed by atoms with Crippen LogP contribution in [0, 0.1) is 11.8 Å². The van der Waals surface area contributed by atoms with Crippen LogP contribution in [0.5, 0.6) is 11.5 Å². The first-order valence-electron chi connectivity index (χ1n) is 12.3.